The van der Waals surface area contributed by atoms with E-state index in [0.717, 1.165) is 84.8 Å². The van der Waals surface area contributed by atoms with Crippen LogP contribution in [0.3, 0.4) is 0 Å². The SMILES string of the molecule is Cc1nc(C)c([C@H](OC(C)(C)C)C(=O)OC(C)C)c(N2CCC3(CCCC3)CC2)c1-c1ccc2c(c1)CCN(Cc1ccccc1F)C2. The molecule has 48 heavy (non-hydrogen) atoms. The fraction of sp³-hybridized carbons (Fsp3) is 0.561. The third-order valence-corrected chi connectivity index (χ3v) is 10.6. The average Bonchev–Trinajstić information content (AvgIpc) is 3.48. The van der Waals surface area contributed by atoms with E-state index in [1.807, 2.05) is 53.7 Å². The zero-order valence-electron chi connectivity index (χ0n) is 30.1. The minimum absolute atomic E-state index is 0.146. The number of halogens is 1. The van der Waals surface area contributed by atoms with Crippen molar-refractivity contribution in [2.24, 2.45) is 5.41 Å². The summed E-state index contributed by atoms with van der Waals surface area (Å²) in [5.41, 5.74) is 9.05. The first-order chi connectivity index (χ1) is 22.8. The van der Waals surface area contributed by atoms with E-state index in [4.69, 9.17) is 14.5 Å². The van der Waals surface area contributed by atoms with Crippen LogP contribution in [0.15, 0.2) is 42.5 Å². The highest BCUT2D eigenvalue weighted by atomic mass is 19.1. The number of fused-ring (bicyclic) bond motifs is 1. The summed E-state index contributed by atoms with van der Waals surface area (Å²) in [7, 11) is 0. The lowest BCUT2D eigenvalue weighted by molar-refractivity contribution is -0.171. The molecule has 6 rings (SSSR count). The number of aryl methyl sites for hydroxylation is 2. The van der Waals surface area contributed by atoms with Crippen LogP contribution < -0.4 is 4.90 Å². The summed E-state index contributed by atoms with van der Waals surface area (Å²) in [5, 5.41) is 0. The third kappa shape index (κ3) is 7.47. The molecule has 3 aliphatic rings. The molecule has 3 aromatic rings. The smallest absolute Gasteiger partial charge is 0.340 e. The number of carbonyl (C=O) groups excluding carboxylic acids is 1. The number of anilines is 1. The van der Waals surface area contributed by atoms with Crippen LogP contribution in [0.5, 0.6) is 0 Å². The highest BCUT2D eigenvalue weighted by Crippen LogP contribution is 2.50. The molecule has 0 radical (unpaired) electrons. The summed E-state index contributed by atoms with van der Waals surface area (Å²) in [4.78, 5) is 23.9. The number of benzene rings is 2. The number of aromatic nitrogens is 1. The lowest BCUT2D eigenvalue weighted by atomic mass is 9.76. The molecule has 2 aromatic carbocycles. The van der Waals surface area contributed by atoms with Crippen LogP contribution in [0.4, 0.5) is 10.1 Å². The van der Waals surface area contributed by atoms with Crippen molar-refractivity contribution in [3.8, 4) is 11.1 Å². The number of carbonyl (C=O) groups is 1. The molecule has 1 aromatic heterocycles. The molecule has 2 aliphatic heterocycles. The van der Waals surface area contributed by atoms with E-state index in [1.165, 1.54) is 36.8 Å². The van der Waals surface area contributed by atoms with Gasteiger partial charge in [-0.1, -0.05) is 49.2 Å². The van der Waals surface area contributed by atoms with Crippen molar-refractivity contribution in [3.63, 3.8) is 0 Å². The molecular weight excluding hydrogens is 601 g/mol. The fourth-order valence-electron chi connectivity index (χ4n) is 8.30. The molecular formula is C41H54FN3O3. The summed E-state index contributed by atoms with van der Waals surface area (Å²) < 4.78 is 26.9. The molecule has 258 valence electrons. The summed E-state index contributed by atoms with van der Waals surface area (Å²) >= 11 is 0. The second-order valence-electron chi connectivity index (χ2n) is 15.7. The summed E-state index contributed by atoms with van der Waals surface area (Å²) in [6.07, 6.45) is 7.36. The molecule has 1 spiro atoms. The molecule has 1 aliphatic carbocycles. The van der Waals surface area contributed by atoms with E-state index in [2.05, 4.69) is 34.9 Å². The Labute approximate surface area is 287 Å². The van der Waals surface area contributed by atoms with Gasteiger partial charge in [-0.25, -0.2) is 9.18 Å². The van der Waals surface area contributed by atoms with Crippen LogP contribution in [-0.2, 0) is 33.8 Å². The number of ether oxygens (including phenoxy) is 2. The Morgan fingerprint density at radius 2 is 1.67 bits per heavy atom. The van der Waals surface area contributed by atoms with Gasteiger partial charge in [-0.05, 0) is 109 Å². The van der Waals surface area contributed by atoms with E-state index < -0.39 is 11.7 Å². The molecule has 1 saturated carbocycles. The molecule has 7 heteroatoms. The largest absolute Gasteiger partial charge is 0.461 e. The molecule has 1 saturated heterocycles. The first-order valence-electron chi connectivity index (χ1n) is 18.0. The normalized spacial score (nSPS) is 18.7. The van der Waals surface area contributed by atoms with Gasteiger partial charge in [0.15, 0.2) is 6.10 Å². The zero-order chi connectivity index (χ0) is 34.2. The van der Waals surface area contributed by atoms with Gasteiger partial charge in [-0.15, -0.1) is 0 Å². The summed E-state index contributed by atoms with van der Waals surface area (Å²) in [5.74, 6) is -0.516. The van der Waals surface area contributed by atoms with Gasteiger partial charge >= 0.3 is 5.97 Å². The van der Waals surface area contributed by atoms with Gasteiger partial charge < -0.3 is 14.4 Å². The van der Waals surface area contributed by atoms with Crippen molar-refractivity contribution < 1.29 is 18.7 Å². The zero-order valence-corrected chi connectivity index (χ0v) is 30.1. The number of nitrogens with zero attached hydrogens (tertiary/aromatic N) is 3. The number of rotatable bonds is 8. The van der Waals surface area contributed by atoms with E-state index in [0.29, 0.717) is 12.0 Å². The van der Waals surface area contributed by atoms with Crippen molar-refractivity contribution in [2.75, 3.05) is 24.5 Å². The maximum absolute atomic E-state index is 14.4. The van der Waals surface area contributed by atoms with Crippen LogP contribution >= 0.6 is 0 Å². The number of hydrogen-bond acceptors (Lipinski definition) is 6. The summed E-state index contributed by atoms with van der Waals surface area (Å²) in [6, 6.07) is 13.8. The minimum Gasteiger partial charge on any atom is -0.461 e. The number of hydrogen-bond donors (Lipinski definition) is 0. The van der Waals surface area contributed by atoms with Crippen LogP contribution in [0.2, 0.25) is 0 Å². The fourth-order valence-corrected chi connectivity index (χ4v) is 8.30. The van der Waals surface area contributed by atoms with Crippen LogP contribution in [0.1, 0.15) is 113 Å². The van der Waals surface area contributed by atoms with E-state index in [9.17, 15) is 9.18 Å². The molecule has 0 N–H and O–H groups in total. The Morgan fingerprint density at radius 1 is 0.958 bits per heavy atom. The first kappa shape index (κ1) is 34.6. The number of esters is 1. The lowest BCUT2D eigenvalue weighted by Crippen LogP contribution is -2.41. The quantitative estimate of drug-likeness (QED) is 0.226. The maximum atomic E-state index is 14.4. The van der Waals surface area contributed by atoms with Gasteiger partial charge in [-0.3, -0.25) is 9.88 Å². The Hall–Kier alpha value is -3.29. The van der Waals surface area contributed by atoms with Crippen LogP contribution in [-0.4, -0.2) is 47.2 Å². The van der Waals surface area contributed by atoms with Crippen molar-refractivity contribution >= 4 is 11.7 Å². The minimum atomic E-state index is -0.902. The summed E-state index contributed by atoms with van der Waals surface area (Å²) in [6.45, 7) is 18.0. The van der Waals surface area contributed by atoms with E-state index in [-0.39, 0.29) is 17.9 Å². The van der Waals surface area contributed by atoms with E-state index in [1.54, 1.807) is 12.1 Å². The maximum Gasteiger partial charge on any atom is 0.340 e. The molecule has 0 amide bonds. The molecule has 0 unspecified atom stereocenters. The van der Waals surface area contributed by atoms with Gasteiger partial charge in [0.2, 0.25) is 0 Å². The van der Waals surface area contributed by atoms with Gasteiger partial charge in [0.05, 0.1) is 17.4 Å². The Bertz CT molecular complexity index is 1630. The second-order valence-corrected chi connectivity index (χ2v) is 15.7. The molecule has 2 fully saturated rings. The predicted octanol–water partition coefficient (Wildman–Crippen LogP) is 9.03. The Balaban J connectivity index is 1.42. The van der Waals surface area contributed by atoms with Crippen molar-refractivity contribution in [1.29, 1.82) is 0 Å². The predicted molar refractivity (Wildman–Crippen MR) is 191 cm³/mol. The second kappa shape index (κ2) is 13.9. The highest BCUT2D eigenvalue weighted by Gasteiger charge is 2.41. The van der Waals surface area contributed by atoms with Gasteiger partial charge in [0, 0.05) is 60.8 Å². The third-order valence-electron chi connectivity index (χ3n) is 10.6. The molecule has 6 nitrogen and oxygen atoms in total. The molecule has 1 atom stereocenters. The van der Waals surface area contributed by atoms with Crippen molar-refractivity contribution in [1.82, 2.24) is 9.88 Å². The topological polar surface area (TPSA) is 54.9 Å². The van der Waals surface area contributed by atoms with Gasteiger partial charge in [-0.2, -0.15) is 0 Å². The molecule has 3 heterocycles. The first-order valence-corrected chi connectivity index (χ1v) is 18.0. The number of pyridine rings is 1. The Kier molecular flexibility index (Phi) is 10.0. The average molecular weight is 656 g/mol. The van der Waals surface area contributed by atoms with Gasteiger partial charge in [0.1, 0.15) is 5.82 Å². The van der Waals surface area contributed by atoms with E-state index >= 15 is 0 Å². The standard InChI is InChI=1S/C41H54FN3O3/c1-27(2)47-39(46)38(48-40(5,6)7)36-29(4)43-28(3)35(37(36)45-22-19-41(20-23-45)17-10-11-18-41)31-14-15-32-25-44(21-16-30(32)24-31)26-33-12-8-9-13-34(33)42/h8-9,12-15,24,27,38H,10-11,16-23,25-26H2,1-7H3/t38-/m0/s1. The van der Waals surface area contributed by atoms with Crippen LogP contribution in [0.25, 0.3) is 11.1 Å². The molecule has 0 bridgehead atoms. The highest BCUT2D eigenvalue weighted by molar-refractivity contribution is 5.88. The van der Waals surface area contributed by atoms with Crippen LogP contribution in [0, 0.1) is 25.1 Å². The van der Waals surface area contributed by atoms with Gasteiger partial charge in [0.25, 0.3) is 0 Å². The lowest BCUT2D eigenvalue weighted by Gasteiger charge is -2.43. The number of piperidine rings is 1. The van der Waals surface area contributed by atoms with Crippen molar-refractivity contribution in [3.05, 3.63) is 81.9 Å². The Morgan fingerprint density at radius 3 is 2.33 bits per heavy atom. The van der Waals surface area contributed by atoms with Crippen molar-refractivity contribution in [2.45, 2.75) is 124 Å². The monoisotopic (exact) mass is 655 g/mol.